The van der Waals surface area contributed by atoms with Gasteiger partial charge in [0.2, 0.25) is 5.91 Å². The van der Waals surface area contributed by atoms with Crippen molar-refractivity contribution in [3.05, 3.63) is 59.7 Å². The molecule has 138 valence electrons. The third-order valence-corrected chi connectivity index (χ3v) is 3.76. The zero-order valence-corrected chi connectivity index (χ0v) is 14.7. The Balaban J connectivity index is 2.17. The maximum absolute atomic E-state index is 13.8. The van der Waals surface area contributed by atoms with Gasteiger partial charge in [-0.3, -0.25) is 9.59 Å². The third kappa shape index (κ3) is 4.56. The summed E-state index contributed by atoms with van der Waals surface area (Å²) >= 11 is 0. The van der Waals surface area contributed by atoms with Crippen LogP contribution in [0.15, 0.2) is 42.5 Å². The first-order valence-electron chi connectivity index (χ1n) is 8.03. The van der Waals surface area contributed by atoms with Crippen LogP contribution in [0, 0.1) is 17.6 Å². The molecule has 2 N–H and O–H groups in total. The number of hydrogen-bond acceptors (Lipinski definition) is 3. The van der Waals surface area contributed by atoms with Crippen molar-refractivity contribution in [2.75, 3.05) is 12.4 Å². The van der Waals surface area contributed by atoms with Gasteiger partial charge in [-0.25, -0.2) is 8.78 Å². The highest BCUT2D eigenvalue weighted by molar-refractivity contribution is 6.01. The minimum Gasteiger partial charge on any atom is -0.497 e. The van der Waals surface area contributed by atoms with Crippen molar-refractivity contribution in [1.29, 1.82) is 0 Å². The average molecular weight is 362 g/mol. The Labute approximate surface area is 150 Å². The molecule has 0 heterocycles. The number of benzene rings is 2. The number of carbonyl (C=O) groups is 2. The summed E-state index contributed by atoms with van der Waals surface area (Å²) in [7, 11) is 1.50. The molecule has 26 heavy (non-hydrogen) atoms. The minimum atomic E-state index is -0.988. The molecule has 7 heteroatoms. The Hall–Kier alpha value is -2.96. The van der Waals surface area contributed by atoms with Crippen LogP contribution in [0.3, 0.4) is 0 Å². The molecule has 0 spiro atoms. The van der Waals surface area contributed by atoms with Gasteiger partial charge in [0.15, 0.2) is 0 Å². The molecule has 2 amide bonds. The molecule has 0 aromatic heterocycles. The van der Waals surface area contributed by atoms with Crippen LogP contribution in [0.2, 0.25) is 0 Å². The predicted octanol–water partition coefficient (Wildman–Crippen LogP) is 3.37. The zero-order valence-electron chi connectivity index (χ0n) is 14.7. The number of rotatable bonds is 6. The van der Waals surface area contributed by atoms with Crippen LogP contribution < -0.4 is 15.4 Å². The Morgan fingerprint density at radius 2 is 1.65 bits per heavy atom. The van der Waals surface area contributed by atoms with Gasteiger partial charge in [0.1, 0.15) is 29.0 Å². The van der Waals surface area contributed by atoms with Gasteiger partial charge >= 0.3 is 0 Å². The lowest BCUT2D eigenvalue weighted by Crippen LogP contribution is -2.47. The summed E-state index contributed by atoms with van der Waals surface area (Å²) in [5.74, 6) is -3.21. The standard InChI is InChI=1S/C19H20F2N2O3/c1-11(2)17(19(25)22-12-6-4-7-13(10-12)26-3)23-18(24)16-14(20)8-5-9-15(16)21/h4-11,17H,1-3H3,(H,22,25)(H,23,24). The summed E-state index contributed by atoms with van der Waals surface area (Å²) in [6.07, 6.45) is 0. The topological polar surface area (TPSA) is 67.4 Å². The Bertz CT molecular complexity index is 789. The summed E-state index contributed by atoms with van der Waals surface area (Å²) in [4.78, 5) is 24.8. The maximum Gasteiger partial charge on any atom is 0.257 e. The van der Waals surface area contributed by atoms with Gasteiger partial charge in [-0.15, -0.1) is 0 Å². The molecule has 0 aliphatic heterocycles. The van der Waals surface area contributed by atoms with E-state index in [9.17, 15) is 18.4 Å². The van der Waals surface area contributed by atoms with Crippen molar-refractivity contribution in [3.8, 4) is 5.75 Å². The van der Waals surface area contributed by atoms with E-state index in [4.69, 9.17) is 4.74 Å². The summed E-state index contributed by atoms with van der Waals surface area (Å²) in [5, 5.41) is 5.06. The highest BCUT2D eigenvalue weighted by atomic mass is 19.1. The van der Waals surface area contributed by atoms with Crippen molar-refractivity contribution in [2.45, 2.75) is 19.9 Å². The summed E-state index contributed by atoms with van der Waals surface area (Å²) in [5.41, 5.74) is -0.237. The predicted molar refractivity (Wildman–Crippen MR) is 94.1 cm³/mol. The highest BCUT2D eigenvalue weighted by Crippen LogP contribution is 2.18. The molecular weight excluding hydrogens is 342 g/mol. The number of ether oxygens (including phenoxy) is 1. The highest BCUT2D eigenvalue weighted by Gasteiger charge is 2.27. The fourth-order valence-corrected chi connectivity index (χ4v) is 2.38. The molecule has 0 saturated heterocycles. The van der Waals surface area contributed by atoms with Gasteiger partial charge in [-0.1, -0.05) is 26.0 Å². The third-order valence-electron chi connectivity index (χ3n) is 3.76. The van der Waals surface area contributed by atoms with Crippen LogP contribution in [0.25, 0.3) is 0 Å². The van der Waals surface area contributed by atoms with E-state index in [1.54, 1.807) is 38.1 Å². The smallest absolute Gasteiger partial charge is 0.257 e. The number of hydrogen-bond donors (Lipinski definition) is 2. The summed E-state index contributed by atoms with van der Waals surface area (Å²) in [6, 6.07) is 8.86. The van der Waals surface area contributed by atoms with Gasteiger partial charge < -0.3 is 15.4 Å². The average Bonchev–Trinajstić information content (AvgIpc) is 2.59. The van der Waals surface area contributed by atoms with Crippen LogP contribution in [0.5, 0.6) is 5.75 Å². The first-order valence-corrected chi connectivity index (χ1v) is 8.03. The Morgan fingerprint density at radius 1 is 1.04 bits per heavy atom. The van der Waals surface area contributed by atoms with Gasteiger partial charge in [0.05, 0.1) is 7.11 Å². The molecule has 0 bridgehead atoms. The fourth-order valence-electron chi connectivity index (χ4n) is 2.38. The first-order chi connectivity index (χ1) is 12.3. The zero-order chi connectivity index (χ0) is 19.3. The lowest BCUT2D eigenvalue weighted by Gasteiger charge is -2.22. The molecule has 1 unspecified atom stereocenters. The van der Waals surface area contributed by atoms with Crippen molar-refractivity contribution < 1.29 is 23.1 Å². The molecule has 2 rings (SSSR count). The lowest BCUT2D eigenvalue weighted by atomic mass is 10.0. The van der Waals surface area contributed by atoms with E-state index in [1.807, 2.05) is 0 Å². The second-order valence-corrected chi connectivity index (χ2v) is 6.01. The normalized spacial score (nSPS) is 11.8. The van der Waals surface area contributed by atoms with E-state index in [1.165, 1.54) is 7.11 Å². The van der Waals surface area contributed by atoms with E-state index in [0.717, 1.165) is 18.2 Å². The van der Waals surface area contributed by atoms with Gasteiger partial charge in [0.25, 0.3) is 5.91 Å². The number of anilines is 1. The van der Waals surface area contributed by atoms with Crippen LogP contribution in [0.4, 0.5) is 14.5 Å². The van der Waals surface area contributed by atoms with Gasteiger partial charge in [0, 0.05) is 11.8 Å². The number of nitrogens with one attached hydrogen (secondary N) is 2. The van der Waals surface area contributed by atoms with E-state index >= 15 is 0 Å². The molecule has 2 aromatic carbocycles. The molecule has 0 aliphatic carbocycles. The second-order valence-electron chi connectivity index (χ2n) is 6.01. The molecule has 5 nitrogen and oxygen atoms in total. The van der Waals surface area contributed by atoms with Gasteiger partial charge in [-0.05, 0) is 30.2 Å². The number of methoxy groups -OCH3 is 1. The van der Waals surface area contributed by atoms with E-state index in [0.29, 0.717) is 11.4 Å². The second kappa shape index (κ2) is 8.42. The summed E-state index contributed by atoms with van der Waals surface area (Å²) < 4.78 is 32.6. The SMILES string of the molecule is COc1cccc(NC(=O)C(NC(=O)c2c(F)cccc2F)C(C)C)c1. The number of carbonyl (C=O) groups excluding carboxylic acids is 2. The van der Waals surface area contributed by atoms with Crippen molar-refractivity contribution in [3.63, 3.8) is 0 Å². The van der Waals surface area contributed by atoms with Crippen LogP contribution in [0.1, 0.15) is 24.2 Å². The maximum atomic E-state index is 13.8. The number of halogens is 2. The van der Waals surface area contributed by atoms with Crippen molar-refractivity contribution in [2.24, 2.45) is 5.92 Å². The van der Waals surface area contributed by atoms with E-state index in [-0.39, 0.29) is 5.92 Å². The summed E-state index contributed by atoms with van der Waals surface area (Å²) in [6.45, 7) is 3.43. The van der Waals surface area contributed by atoms with Crippen LogP contribution in [-0.2, 0) is 4.79 Å². The molecule has 0 radical (unpaired) electrons. The fraction of sp³-hybridized carbons (Fsp3) is 0.263. The first kappa shape index (κ1) is 19.4. The molecule has 0 fully saturated rings. The molecule has 0 aliphatic rings. The Kier molecular flexibility index (Phi) is 6.27. The van der Waals surface area contributed by atoms with Crippen molar-refractivity contribution >= 4 is 17.5 Å². The quantitative estimate of drug-likeness (QED) is 0.828. The Morgan fingerprint density at radius 3 is 2.23 bits per heavy atom. The lowest BCUT2D eigenvalue weighted by molar-refractivity contribution is -0.118. The minimum absolute atomic E-state index is 0.306. The molecular formula is C19H20F2N2O3. The van der Waals surface area contributed by atoms with Crippen molar-refractivity contribution in [1.82, 2.24) is 5.32 Å². The monoisotopic (exact) mass is 362 g/mol. The largest absolute Gasteiger partial charge is 0.497 e. The molecule has 2 aromatic rings. The number of amides is 2. The van der Waals surface area contributed by atoms with Crippen LogP contribution >= 0.6 is 0 Å². The van der Waals surface area contributed by atoms with E-state index < -0.39 is 35.1 Å². The van der Waals surface area contributed by atoms with Crippen LogP contribution in [-0.4, -0.2) is 25.0 Å². The van der Waals surface area contributed by atoms with Gasteiger partial charge in [-0.2, -0.15) is 0 Å². The van der Waals surface area contributed by atoms with E-state index in [2.05, 4.69) is 10.6 Å². The molecule has 1 atom stereocenters. The molecule has 0 saturated carbocycles.